The number of nitrogens with one attached hydrogen (secondary N) is 1. The summed E-state index contributed by atoms with van der Waals surface area (Å²) >= 11 is 0. The fourth-order valence-corrected chi connectivity index (χ4v) is 9.39. The van der Waals surface area contributed by atoms with Crippen LogP contribution in [0.25, 0.3) is 11.3 Å². The van der Waals surface area contributed by atoms with Gasteiger partial charge in [0.25, 0.3) is 15.9 Å². The lowest BCUT2D eigenvalue weighted by atomic mass is 9.51. The number of halogens is 6. The summed E-state index contributed by atoms with van der Waals surface area (Å²) < 4.78 is 119. The lowest BCUT2D eigenvalue weighted by Gasteiger charge is -2.62. The number of carbonyl (C=O) groups excluding carboxylic acids is 1. The van der Waals surface area contributed by atoms with Gasteiger partial charge in [0.2, 0.25) is 11.8 Å². The molecule has 3 saturated carbocycles. The van der Waals surface area contributed by atoms with Gasteiger partial charge in [-0.1, -0.05) is 24.3 Å². The lowest BCUT2D eigenvalue weighted by molar-refractivity contribution is -0.195. The Kier molecular flexibility index (Phi) is 8.83. The van der Waals surface area contributed by atoms with E-state index in [1.807, 2.05) is 32.0 Å². The zero-order valence-corrected chi connectivity index (χ0v) is 29.6. The number of sulfonamides is 1. The first-order valence-electron chi connectivity index (χ1n) is 17.1. The van der Waals surface area contributed by atoms with Crippen molar-refractivity contribution in [2.45, 2.75) is 94.2 Å². The maximum absolute atomic E-state index is 14.5. The molecule has 0 saturated heterocycles. The van der Waals surface area contributed by atoms with E-state index in [1.165, 1.54) is 47.2 Å². The summed E-state index contributed by atoms with van der Waals surface area (Å²) in [4.78, 5) is 25.7. The first kappa shape index (κ1) is 36.4. The summed E-state index contributed by atoms with van der Waals surface area (Å²) in [6.45, 7) is 2.29. The summed E-state index contributed by atoms with van der Waals surface area (Å²) in [6.07, 6.45) is -7.84. The molecule has 9 nitrogen and oxygen atoms in total. The Morgan fingerprint density at radius 2 is 1.62 bits per heavy atom. The normalized spacial score (nSPS) is 26.6. The molecule has 1 amide bonds. The van der Waals surface area contributed by atoms with Gasteiger partial charge in [-0.25, -0.2) is 18.1 Å². The highest BCUT2D eigenvalue weighted by Gasteiger charge is 2.65. The van der Waals surface area contributed by atoms with Crippen molar-refractivity contribution >= 4 is 21.9 Å². The third-order valence-electron chi connectivity index (χ3n) is 11.3. The van der Waals surface area contributed by atoms with Gasteiger partial charge in [-0.3, -0.25) is 9.69 Å². The van der Waals surface area contributed by atoms with Gasteiger partial charge in [0, 0.05) is 29.3 Å². The minimum atomic E-state index is -4.54. The standard InChI is InChI=1S/C36H39F6N5O4S/c1-21-6-4-7-22(2)30(21)28-13-29-44-32(43-28)45-52(49,50)27-9-5-8-23(12-27)31(48)47(26(19-51-29)18-34(10-11-34)36(40,41)42)25-16-33(17-25)14-24(15-33)46(3)20-35(37,38)39/h4-9,12-13,24-26H,10-11,14-20H2,1-3H3,(H,43,44,45)/t24?,25?,26-,33?/m1/s1. The van der Waals surface area contributed by atoms with E-state index in [0.29, 0.717) is 36.9 Å². The van der Waals surface area contributed by atoms with Crippen LogP contribution in [0, 0.1) is 24.7 Å². The van der Waals surface area contributed by atoms with Crippen molar-refractivity contribution in [2.75, 3.05) is 24.9 Å². The van der Waals surface area contributed by atoms with Crippen molar-refractivity contribution in [2.24, 2.45) is 10.8 Å². The molecule has 1 spiro atoms. The summed E-state index contributed by atoms with van der Waals surface area (Å²) in [7, 11) is -2.94. The molecule has 1 atom stereocenters. The molecule has 52 heavy (non-hydrogen) atoms. The molecular weight excluding hydrogens is 712 g/mol. The molecule has 3 aliphatic carbocycles. The van der Waals surface area contributed by atoms with Crippen LogP contribution in [-0.2, 0) is 10.0 Å². The second-order valence-electron chi connectivity index (χ2n) is 15.1. The number of anilines is 1. The van der Waals surface area contributed by atoms with Crippen LogP contribution in [0.3, 0.4) is 0 Å². The highest BCUT2D eigenvalue weighted by Crippen LogP contribution is 2.62. The van der Waals surface area contributed by atoms with Crippen LogP contribution in [0.1, 0.15) is 66.4 Å². The van der Waals surface area contributed by atoms with Crippen LogP contribution in [0.15, 0.2) is 53.4 Å². The van der Waals surface area contributed by atoms with Gasteiger partial charge in [-0.2, -0.15) is 31.3 Å². The predicted octanol–water partition coefficient (Wildman–Crippen LogP) is 7.30. The number of ether oxygens (including phenoxy) is 1. The van der Waals surface area contributed by atoms with Crippen molar-refractivity contribution in [1.29, 1.82) is 0 Å². The van der Waals surface area contributed by atoms with E-state index in [4.69, 9.17) is 4.74 Å². The molecule has 4 bridgehead atoms. The Morgan fingerprint density at radius 3 is 2.23 bits per heavy atom. The highest BCUT2D eigenvalue weighted by atomic mass is 32.2. The number of nitrogens with zero attached hydrogens (tertiary/aromatic N) is 4. The number of carbonyl (C=O) groups is 1. The Balaban J connectivity index is 1.27. The number of hydrogen-bond acceptors (Lipinski definition) is 7. The van der Waals surface area contributed by atoms with Crippen molar-refractivity contribution in [3.63, 3.8) is 0 Å². The van der Waals surface area contributed by atoms with Gasteiger partial charge in [0.1, 0.15) is 6.61 Å². The minimum Gasteiger partial charge on any atom is -0.475 e. The molecule has 1 N–H and O–H groups in total. The molecule has 7 rings (SSSR count). The molecule has 1 aliphatic heterocycles. The van der Waals surface area contributed by atoms with Gasteiger partial charge in [-0.15, -0.1) is 0 Å². The molecule has 0 unspecified atom stereocenters. The fourth-order valence-electron chi connectivity index (χ4n) is 8.40. The van der Waals surface area contributed by atoms with Gasteiger partial charge >= 0.3 is 12.4 Å². The molecule has 280 valence electrons. The van der Waals surface area contributed by atoms with Gasteiger partial charge < -0.3 is 9.64 Å². The Labute approximate surface area is 297 Å². The average molecular weight is 752 g/mol. The van der Waals surface area contributed by atoms with E-state index in [-0.39, 0.29) is 53.2 Å². The molecule has 3 fully saturated rings. The summed E-state index contributed by atoms with van der Waals surface area (Å²) in [6, 6.07) is 10.4. The molecule has 16 heteroatoms. The van der Waals surface area contributed by atoms with E-state index in [2.05, 4.69) is 14.7 Å². The first-order chi connectivity index (χ1) is 24.3. The van der Waals surface area contributed by atoms with E-state index >= 15 is 0 Å². The Bertz CT molecular complexity index is 1970. The Hall–Kier alpha value is -3.92. The van der Waals surface area contributed by atoms with Gasteiger partial charge in [0.05, 0.1) is 28.6 Å². The number of rotatable bonds is 6. The van der Waals surface area contributed by atoms with Crippen LogP contribution in [0.2, 0.25) is 0 Å². The number of benzene rings is 2. The third kappa shape index (κ3) is 6.95. The van der Waals surface area contributed by atoms with Crippen molar-refractivity contribution in [1.82, 2.24) is 19.8 Å². The molecule has 0 radical (unpaired) electrons. The second-order valence-corrected chi connectivity index (χ2v) is 16.8. The number of aromatic nitrogens is 2. The predicted molar refractivity (Wildman–Crippen MR) is 179 cm³/mol. The zero-order valence-electron chi connectivity index (χ0n) is 28.8. The quantitative estimate of drug-likeness (QED) is 0.264. The number of aryl methyl sites for hydroxylation is 2. The smallest absolute Gasteiger partial charge is 0.401 e. The first-order valence-corrected chi connectivity index (χ1v) is 18.6. The van der Waals surface area contributed by atoms with Gasteiger partial charge in [-0.05, 0) is 101 Å². The van der Waals surface area contributed by atoms with E-state index in [0.717, 1.165) is 11.1 Å². The Morgan fingerprint density at radius 1 is 0.962 bits per heavy atom. The van der Waals surface area contributed by atoms with E-state index in [1.54, 1.807) is 0 Å². The average Bonchev–Trinajstić information content (AvgIpc) is 3.79. The van der Waals surface area contributed by atoms with E-state index < -0.39 is 58.7 Å². The maximum Gasteiger partial charge on any atom is 0.401 e. The molecule has 2 heterocycles. The van der Waals surface area contributed by atoms with Crippen molar-refractivity contribution in [3.8, 4) is 17.1 Å². The highest BCUT2D eigenvalue weighted by molar-refractivity contribution is 7.92. The van der Waals surface area contributed by atoms with Crippen molar-refractivity contribution in [3.05, 3.63) is 65.2 Å². The summed E-state index contributed by atoms with van der Waals surface area (Å²) in [5, 5.41) is 0. The molecule has 4 aliphatic rings. The molecule has 3 aromatic rings. The summed E-state index contributed by atoms with van der Waals surface area (Å²) in [5.41, 5.74) is 0.289. The van der Waals surface area contributed by atoms with Gasteiger partial charge in [0.15, 0.2) is 0 Å². The number of hydrogen-bond donors (Lipinski definition) is 1. The SMILES string of the molecule is Cc1cccc(C)c1-c1cc2nc(n1)NS(=O)(=O)c1cccc(c1)C(=O)N(C1CC3(CC(N(C)CC(F)(F)F)C3)C1)[C@H](CC1(C(F)(F)F)CC1)CO2. The van der Waals surface area contributed by atoms with Crippen LogP contribution in [0.5, 0.6) is 5.88 Å². The minimum absolute atomic E-state index is 0.0369. The van der Waals surface area contributed by atoms with Crippen LogP contribution < -0.4 is 9.46 Å². The fraction of sp³-hybridized carbons (Fsp3) is 0.528. The molecule has 2 aromatic carbocycles. The van der Waals surface area contributed by atoms with Crippen LogP contribution in [-0.4, -0.2) is 84.8 Å². The second kappa shape index (κ2) is 12.6. The lowest BCUT2D eigenvalue weighted by Crippen LogP contribution is -2.64. The van der Waals surface area contributed by atoms with E-state index in [9.17, 15) is 39.6 Å². The zero-order chi connectivity index (χ0) is 37.4. The van der Waals surface area contributed by atoms with Crippen molar-refractivity contribution < 1.29 is 44.3 Å². The third-order valence-corrected chi connectivity index (χ3v) is 12.6. The van der Waals surface area contributed by atoms with Crippen LogP contribution in [0.4, 0.5) is 32.3 Å². The molecule has 1 aromatic heterocycles. The topological polar surface area (TPSA) is 105 Å². The maximum atomic E-state index is 14.5. The number of amides is 1. The monoisotopic (exact) mass is 751 g/mol. The number of fused-ring (bicyclic) bond motifs is 4. The summed E-state index contributed by atoms with van der Waals surface area (Å²) in [5.74, 6) is -1.06. The van der Waals surface area contributed by atoms with Crippen LogP contribution >= 0.6 is 0 Å². The molecular formula is C36H39F6N5O4S. The largest absolute Gasteiger partial charge is 0.475 e. The number of alkyl halides is 6.